The van der Waals surface area contributed by atoms with Crippen molar-refractivity contribution >= 4 is 50.6 Å². The van der Waals surface area contributed by atoms with E-state index in [0.717, 1.165) is 18.4 Å². The van der Waals surface area contributed by atoms with Gasteiger partial charge in [0.05, 0.1) is 10.6 Å². The Morgan fingerprint density at radius 3 is 1.93 bits per heavy atom. The zero-order valence-electron chi connectivity index (χ0n) is 21.7. The molecule has 1 unspecified atom stereocenters. The van der Waals surface area contributed by atoms with Crippen LogP contribution in [0.3, 0.4) is 0 Å². The highest BCUT2D eigenvalue weighted by Gasteiger charge is 2.62. The first-order chi connectivity index (χ1) is 19.0. The van der Waals surface area contributed by atoms with E-state index in [0.29, 0.717) is 16.7 Å². The molecule has 0 aromatic heterocycles. The third-order valence-corrected chi connectivity index (χ3v) is 8.03. The van der Waals surface area contributed by atoms with Crippen LogP contribution >= 0.6 is 23.2 Å². The molecule has 2 amide bonds. The van der Waals surface area contributed by atoms with Crippen molar-refractivity contribution in [2.45, 2.75) is 36.9 Å². The van der Waals surface area contributed by atoms with Crippen molar-refractivity contribution in [2.24, 2.45) is 5.16 Å². The molecule has 216 valence electrons. The predicted octanol–water partition coefficient (Wildman–Crippen LogP) is 5.67. The Kier molecular flexibility index (Phi) is 8.14. The normalized spacial score (nSPS) is 17.0. The summed E-state index contributed by atoms with van der Waals surface area (Å²) in [7, 11) is -3.46. The summed E-state index contributed by atoms with van der Waals surface area (Å²) in [6.07, 6.45) is -4.47. The van der Waals surface area contributed by atoms with Gasteiger partial charge in [0.2, 0.25) is 0 Å². The highest BCUT2D eigenvalue weighted by molar-refractivity contribution is 7.90. The van der Waals surface area contributed by atoms with Crippen molar-refractivity contribution in [3.63, 3.8) is 0 Å². The number of benzene rings is 3. The topological polar surface area (TPSA) is 114 Å². The van der Waals surface area contributed by atoms with Gasteiger partial charge in [-0.2, -0.15) is 13.2 Å². The van der Waals surface area contributed by atoms with Crippen molar-refractivity contribution in [3.8, 4) is 0 Å². The molecule has 3 aromatic carbocycles. The van der Waals surface area contributed by atoms with E-state index in [-0.39, 0.29) is 37.3 Å². The Morgan fingerprint density at radius 2 is 1.44 bits per heavy atom. The van der Waals surface area contributed by atoms with E-state index < -0.39 is 39.8 Å². The molecule has 0 saturated heterocycles. The van der Waals surface area contributed by atoms with Crippen LogP contribution in [0.25, 0.3) is 0 Å². The highest BCUT2D eigenvalue weighted by Crippen LogP contribution is 2.49. The van der Waals surface area contributed by atoms with Gasteiger partial charge in [0.15, 0.2) is 9.84 Å². The lowest BCUT2D eigenvalue weighted by Crippen LogP contribution is -2.42. The summed E-state index contributed by atoms with van der Waals surface area (Å²) in [5.41, 5.74) is 2.80. The lowest BCUT2D eigenvalue weighted by Gasteiger charge is -2.29. The third kappa shape index (κ3) is 6.19. The number of aryl methyl sites for hydroxylation is 2. The summed E-state index contributed by atoms with van der Waals surface area (Å²) in [4.78, 5) is 30.4. The molecule has 1 aliphatic rings. The summed E-state index contributed by atoms with van der Waals surface area (Å²) in [6, 6.07) is 11.8. The number of rotatable bonds is 5. The minimum atomic E-state index is -4.86. The second kappa shape index (κ2) is 11.0. The zero-order chi connectivity index (χ0) is 30.3. The summed E-state index contributed by atoms with van der Waals surface area (Å²) in [6.45, 7) is 3.12. The fourth-order valence-corrected chi connectivity index (χ4v) is 5.55. The van der Waals surface area contributed by atoms with Crippen LogP contribution in [0.5, 0.6) is 0 Å². The molecule has 0 aliphatic carbocycles. The largest absolute Gasteiger partial charge is 0.435 e. The second-order valence-corrected chi connectivity index (χ2v) is 12.4. The highest BCUT2D eigenvalue weighted by atomic mass is 35.5. The van der Waals surface area contributed by atoms with Crippen LogP contribution in [0.4, 0.5) is 13.2 Å². The molecule has 2 N–H and O–H groups in total. The molecule has 14 heteroatoms. The molecule has 0 bridgehead atoms. The Morgan fingerprint density at radius 1 is 0.902 bits per heavy atom. The van der Waals surface area contributed by atoms with E-state index in [1.807, 2.05) is 0 Å². The lowest BCUT2D eigenvalue weighted by molar-refractivity contribution is -0.275. The third-order valence-electron chi connectivity index (χ3n) is 6.48. The fraction of sp³-hybridized carbons (Fsp3) is 0.222. The summed E-state index contributed by atoms with van der Waals surface area (Å²) >= 11 is 11.9. The molecule has 8 nitrogen and oxygen atoms in total. The van der Waals surface area contributed by atoms with Crippen LogP contribution in [-0.4, -0.2) is 38.4 Å². The van der Waals surface area contributed by atoms with Gasteiger partial charge in [-0.1, -0.05) is 34.4 Å². The van der Waals surface area contributed by atoms with Crippen molar-refractivity contribution < 1.29 is 36.0 Å². The number of hydrogen-bond donors (Lipinski definition) is 2. The SMILES string of the molecule is Cc1cc(C2=NOC(c3cc(Cl)cc(Cl)c3)(C(F)(F)F)C2)ccc1C(=O)NNC(=O)c1ccc(S(C)(=O)=O)cc1C. The average Bonchev–Trinajstić information content (AvgIpc) is 3.33. The minimum Gasteiger partial charge on any atom is -0.374 e. The second-order valence-electron chi connectivity index (χ2n) is 9.48. The first-order valence-electron chi connectivity index (χ1n) is 11.8. The van der Waals surface area contributed by atoms with Gasteiger partial charge in [-0.3, -0.25) is 20.4 Å². The fourth-order valence-electron chi connectivity index (χ4n) is 4.31. The summed E-state index contributed by atoms with van der Waals surface area (Å²) < 4.78 is 66.2. The van der Waals surface area contributed by atoms with Crippen LogP contribution in [0.15, 0.2) is 64.6 Å². The molecule has 4 rings (SSSR count). The minimum absolute atomic E-state index is 0.00482. The molecular weight excluding hydrogens is 606 g/mol. The Hall–Kier alpha value is -3.61. The Balaban J connectivity index is 1.49. The van der Waals surface area contributed by atoms with Gasteiger partial charge in [0.1, 0.15) is 0 Å². The number of sulfone groups is 1. The van der Waals surface area contributed by atoms with Crippen molar-refractivity contribution in [1.29, 1.82) is 0 Å². The van der Waals surface area contributed by atoms with Gasteiger partial charge in [0, 0.05) is 39.4 Å². The van der Waals surface area contributed by atoms with Gasteiger partial charge in [-0.15, -0.1) is 0 Å². The first-order valence-corrected chi connectivity index (χ1v) is 14.5. The number of alkyl halides is 3. The Bertz CT molecular complexity index is 1690. The van der Waals surface area contributed by atoms with E-state index in [2.05, 4.69) is 16.0 Å². The van der Waals surface area contributed by atoms with Crippen LogP contribution in [0.2, 0.25) is 10.0 Å². The van der Waals surface area contributed by atoms with Gasteiger partial charge in [-0.25, -0.2) is 8.42 Å². The molecule has 1 heterocycles. The quantitative estimate of drug-likeness (QED) is 0.354. The maximum absolute atomic E-state index is 14.3. The van der Waals surface area contributed by atoms with Gasteiger partial charge < -0.3 is 4.84 Å². The Labute approximate surface area is 243 Å². The van der Waals surface area contributed by atoms with Gasteiger partial charge >= 0.3 is 6.18 Å². The van der Waals surface area contributed by atoms with E-state index in [1.54, 1.807) is 13.8 Å². The molecule has 1 atom stereocenters. The van der Waals surface area contributed by atoms with Crippen LogP contribution in [0, 0.1) is 13.8 Å². The number of amides is 2. The van der Waals surface area contributed by atoms with E-state index >= 15 is 0 Å². The van der Waals surface area contributed by atoms with Crippen LogP contribution < -0.4 is 10.9 Å². The molecule has 3 aromatic rings. The molecule has 41 heavy (non-hydrogen) atoms. The van der Waals surface area contributed by atoms with Gasteiger partial charge in [0.25, 0.3) is 17.4 Å². The average molecular weight is 628 g/mol. The van der Waals surface area contributed by atoms with Crippen LogP contribution in [0.1, 0.15) is 49.4 Å². The summed E-state index contributed by atoms with van der Waals surface area (Å²) in [5, 5.41) is 3.73. The van der Waals surface area contributed by atoms with Crippen molar-refractivity contribution in [3.05, 3.63) is 98.0 Å². The van der Waals surface area contributed by atoms with Gasteiger partial charge in [-0.05, 0) is 79.1 Å². The molecule has 0 spiro atoms. The maximum atomic E-state index is 14.3. The zero-order valence-corrected chi connectivity index (χ0v) is 24.0. The van der Waals surface area contributed by atoms with Crippen LogP contribution in [-0.2, 0) is 20.3 Å². The van der Waals surface area contributed by atoms with Crippen molar-refractivity contribution in [1.82, 2.24) is 10.9 Å². The monoisotopic (exact) mass is 627 g/mol. The number of nitrogens with zero attached hydrogens (tertiary/aromatic N) is 1. The number of carbonyl (C=O) groups excluding carboxylic acids is 2. The molecule has 0 saturated carbocycles. The standard InChI is InChI=1S/C27H22Cl2F3N3O5S/c1-14-8-16(23-13-26(40-35-23,27(30,31)32)17-10-18(28)12-19(29)11-17)4-6-21(14)24(36)33-34-25(37)22-7-5-20(9-15(22)2)41(3,38)39/h4-12H,13H2,1-3H3,(H,33,36)(H,34,37). The molecule has 0 fully saturated rings. The smallest absolute Gasteiger partial charge is 0.374 e. The number of carbonyl (C=O) groups is 2. The van der Waals surface area contributed by atoms with E-state index in [4.69, 9.17) is 28.0 Å². The lowest BCUT2D eigenvalue weighted by atomic mass is 9.86. The predicted molar refractivity (Wildman–Crippen MR) is 147 cm³/mol. The maximum Gasteiger partial charge on any atom is 0.435 e. The van der Waals surface area contributed by atoms with E-state index in [9.17, 15) is 31.2 Å². The van der Waals surface area contributed by atoms with E-state index in [1.165, 1.54) is 42.5 Å². The number of nitrogens with one attached hydrogen (secondary N) is 2. The van der Waals surface area contributed by atoms with Crippen molar-refractivity contribution in [2.75, 3.05) is 6.26 Å². The number of hydrogen-bond acceptors (Lipinski definition) is 6. The molecular formula is C27H22Cl2F3N3O5S. The number of hydrazine groups is 1. The number of halogens is 5. The molecule has 1 aliphatic heterocycles. The first kappa shape index (κ1) is 30.4. The number of oxime groups is 1. The summed E-state index contributed by atoms with van der Waals surface area (Å²) in [5.74, 6) is -1.36. The molecule has 0 radical (unpaired) electrons.